The van der Waals surface area contributed by atoms with Crippen molar-refractivity contribution in [3.63, 3.8) is 0 Å². The summed E-state index contributed by atoms with van der Waals surface area (Å²) in [5.74, 6) is 0.678. The van der Waals surface area contributed by atoms with Gasteiger partial charge in [0.05, 0.1) is 12.1 Å². The first-order chi connectivity index (χ1) is 14.8. The first-order valence-electron chi connectivity index (χ1n) is 11.7. The number of nitrogens with one attached hydrogen (secondary N) is 2. The van der Waals surface area contributed by atoms with Crippen LogP contribution < -0.4 is 22.1 Å². The average Bonchev–Trinajstić information content (AvgIpc) is 3.18. The van der Waals surface area contributed by atoms with Crippen molar-refractivity contribution < 1.29 is 14.4 Å². The van der Waals surface area contributed by atoms with Crippen molar-refractivity contribution in [1.29, 1.82) is 0 Å². The highest BCUT2D eigenvalue weighted by Crippen LogP contribution is 2.30. The number of hydrogen-bond donors (Lipinski definition) is 4. The molecule has 2 amide bonds. The number of likely N-dealkylation sites (tertiary alicyclic amines) is 1. The summed E-state index contributed by atoms with van der Waals surface area (Å²) in [7, 11) is 0. The number of hydrogen-bond acceptors (Lipinski definition) is 5. The number of piperidine rings is 1. The molecule has 9 nitrogen and oxygen atoms in total. The molecule has 0 aromatic carbocycles. The zero-order valence-corrected chi connectivity index (χ0v) is 19.0. The molecular weight excluding hydrogens is 396 g/mol. The Bertz CT molecular complexity index is 629. The molecule has 6 N–H and O–H groups in total. The number of aldehydes is 1. The first-order valence-corrected chi connectivity index (χ1v) is 11.7. The van der Waals surface area contributed by atoms with Crippen molar-refractivity contribution >= 4 is 24.1 Å². The monoisotopic (exact) mass is 436 g/mol. The van der Waals surface area contributed by atoms with Crippen molar-refractivity contribution in [1.82, 2.24) is 15.5 Å². The first kappa shape index (κ1) is 25.1. The molecule has 2 saturated heterocycles. The van der Waals surface area contributed by atoms with Gasteiger partial charge >= 0.3 is 0 Å². The second kappa shape index (κ2) is 12.6. The highest BCUT2D eigenvalue weighted by atomic mass is 16.2. The minimum Gasteiger partial charge on any atom is -0.370 e. The molecule has 2 aliphatic rings. The lowest BCUT2D eigenvalue weighted by atomic mass is 9.95. The Labute approximate surface area is 185 Å². The predicted molar refractivity (Wildman–Crippen MR) is 121 cm³/mol. The molecule has 4 atom stereocenters. The summed E-state index contributed by atoms with van der Waals surface area (Å²) in [5.41, 5.74) is 10.6. The van der Waals surface area contributed by atoms with E-state index in [1.807, 2.05) is 0 Å². The summed E-state index contributed by atoms with van der Waals surface area (Å²) >= 11 is 0. The topological polar surface area (TPSA) is 143 Å². The van der Waals surface area contributed by atoms with Crippen molar-refractivity contribution in [2.45, 2.75) is 83.3 Å². The van der Waals surface area contributed by atoms with Crippen molar-refractivity contribution in [3.8, 4) is 0 Å². The number of carbonyl (C=O) groups excluding carboxylic acids is 3. The molecule has 2 fully saturated rings. The minimum atomic E-state index is -0.610. The van der Waals surface area contributed by atoms with Gasteiger partial charge in [0, 0.05) is 13.1 Å². The molecule has 2 rings (SSSR count). The normalized spacial score (nSPS) is 24.6. The quantitative estimate of drug-likeness (QED) is 0.161. The van der Waals surface area contributed by atoms with Crippen LogP contribution in [-0.4, -0.2) is 66.7 Å². The van der Waals surface area contributed by atoms with E-state index in [-0.39, 0.29) is 23.8 Å². The SMILES string of the molecule is CC(C)CC[C@H]1C[C@@H](C(=O)N[C@H](C=O)CCCN=C(N)N)N(C(=O)[C@H]2CCCCN2)C1. The molecule has 0 aliphatic carbocycles. The Balaban J connectivity index is 2.01. The van der Waals surface area contributed by atoms with Gasteiger partial charge in [-0.15, -0.1) is 0 Å². The third-order valence-electron chi connectivity index (χ3n) is 6.19. The van der Waals surface area contributed by atoms with Crippen LogP contribution in [0.4, 0.5) is 0 Å². The maximum Gasteiger partial charge on any atom is 0.243 e. The van der Waals surface area contributed by atoms with Gasteiger partial charge in [0.15, 0.2) is 5.96 Å². The van der Waals surface area contributed by atoms with E-state index in [2.05, 4.69) is 29.5 Å². The number of aliphatic imine (C=N–C) groups is 1. The van der Waals surface area contributed by atoms with Crippen molar-refractivity contribution in [2.75, 3.05) is 19.6 Å². The summed E-state index contributed by atoms with van der Waals surface area (Å²) in [5, 5.41) is 6.14. The molecule has 0 radical (unpaired) electrons. The molecule has 31 heavy (non-hydrogen) atoms. The van der Waals surface area contributed by atoms with E-state index in [4.69, 9.17) is 11.5 Å². The van der Waals surface area contributed by atoms with Crippen LogP contribution in [0, 0.1) is 11.8 Å². The Hall–Kier alpha value is -2.16. The van der Waals surface area contributed by atoms with Gasteiger partial charge in [-0.2, -0.15) is 0 Å². The van der Waals surface area contributed by atoms with Crippen LogP contribution in [-0.2, 0) is 14.4 Å². The van der Waals surface area contributed by atoms with E-state index < -0.39 is 12.1 Å². The number of nitrogens with zero attached hydrogens (tertiary/aromatic N) is 2. The van der Waals surface area contributed by atoms with E-state index in [1.165, 1.54) is 0 Å². The third-order valence-corrected chi connectivity index (χ3v) is 6.19. The highest BCUT2D eigenvalue weighted by molar-refractivity contribution is 5.91. The smallest absolute Gasteiger partial charge is 0.243 e. The molecule has 9 heteroatoms. The lowest BCUT2D eigenvalue weighted by molar-refractivity contribution is -0.140. The summed E-state index contributed by atoms with van der Waals surface area (Å²) in [6.07, 6.45) is 7.40. The number of rotatable bonds is 11. The van der Waals surface area contributed by atoms with Crippen LogP contribution in [0.5, 0.6) is 0 Å². The second-order valence-corrected chi connectivity index (χ2v) is 9.28. The lowest BCUT2D eigenvalue weighted by Crippen LogP contribution is -2.54. The van der Waals surface area contributed by atoms with Crippen LogP contribution in [0.2, 0.25) is 0 Å². The average molecular weight is 437 g/mol. The fourth-order valence-corrected chi connectivity index (χ4v) is 4.43. The van der Waals surface area contributed by atoms with E-state index in [9.17, 15) is 14.4 Å². The van der Waals surface area contributed by atoms with E-state index in [1.54, 1.807) is 4.90 Å². The molecule has 2 heterocycles. The molecule has 2 aliphatic heterocycles. The van der Waals surface area contributed by atoms with Gasteiger partial charge in [0.2, 0.25) is 11.8 Å². The van der Waals surface area contributed by atoms with Crippen LogP contribution in [0.3, 0.4) is 0 Å². The molecule has 0 spiro atoms. The fraction of sp³-hybridized carbons (Fsp3) is 0.818. The van der Waals surface area contributed by atoms with Gasteiger partial charge in [-0.25, -0.2) is 0 Å². The largest absolute Gasteiger partial charge is 0.370 e. The van der Waals surface area contributed by atoms with Gasteiger partial charge in [0.1, 0.15) is 12.3 Å². The Kier molecular flexibility index (Phi) is 10.2. The predicted octanol–water partition coefficient (Wildman–Crippen LogP) is 0.519. The van der Waals surface area contributed by atoms with Crippen molar-refractivity contribution in [3.05, 3.63) is 0 Å². The highest BCUT2D eigenvalue weighted by Gasteiger charge is 2.41. The lowest BCUT2D eigenvalue weighted by Gasteiger charge is -2.31. The van der Waals surface area contributed by atoms with E-state index in [0.29, 0.717) is 44.2 Å². The zero-order valence-electron chi connectivity index (χ0n) is 19.0. The minimum absolute atomic E-state index is 0.00978. The van der Waals surface area contributed by atoms with Crippen LogP contribution >= 0.6 is 0 Å². The van der Waals surface area contributed by atoms with Gasteiger partial charge in [-0.05, 0) is 56.9 Å². The Morgan fingerprint density at radius 3 is 2.65 bits per heavy atom. The molecule has 0 unspecified atom stereocenters. The van der Waals surface area contributed by atoms with Crippen molar-refractivity contribution in [2.24, 2.45) is 28.3 Å². The number of guanidine groups is 1. The standard InChI is InChI=1S/C22H40N6O3/c1-15(2)8-9-16-12-19(28(13-16)21(31)18-7-3-4-10-25-18)20(30)27-17(14-29)6-5-11-26-22(23)24/h14-19,25H,3-13H2,1-2H3,(H,27,30)(H4,23,24,26)/t16-,17-,18+,19-/m0/s1. The van der Waals surface area contributed by atoms with Crippen LogP contribution in [0.1, 0.15) is 65.2 Å². The Morgan fingerprint density at radius 1 is 1.26 bits per heavy atom. The maximum absolute atomic E-state index is 13.2. The number of carbonyl (C=O) groups is 3. The van der Waals surface area contributed by atoms with E-state index >= 15 is 0 Å². The molecular formula is C22H40N6O3. The van der Waals surface area contributed by atoms with E-state index in [0.717, 1.165) is 44.9 Å². The van der Waals surface area contributed by atoms with Gasteiger partial charge in [0.25, 0.3) is 0 Å². The van der Waals surface area contributed by atoms with Gasteiger partial charge in [-0.1, -0.05) is 26.7 Å². The van der Waals surface area contributed by atoms with Gasteiger partial charge in [-0.3, -0.25) is 14.6 Å². The van der Waals surface area contributed by atoms with Gasteiger partial charge < -0.3 is 31.8 Å². The third kappa shape index (κ3) is 8.12. The Morgan fingerprint density at radius 2 is 2.03 bits per heavy atom. The van der Waals surface area contributed by atoms with Crippen LogP contribution in [0.15, 0.2) is 4.99 Å². The molecule has 176 valence electrons. The number of amides is 2. The summed E-state index contributed by atoms with van der Waals surface area (Å²) < 4.78 is 0. The second-order valence-electron chi connectivity index (χ2n) is 9.28. The maximum atomic E-state index is 13.2. The molecule has 0 aromatic heterocycles. The summed E-state index contributed by atoms with van der Waals surface area (Å²) in [6.45, 7) is 6.22. The summed E-state index contributed by atoms with van der Waals surface area (Å²) in [6, 6.07) is -1.34. The zero-order chi connectivity index (χ0) is 22.8. The fourth-order valence-electron chi connectivity index (χ4n) is 4.43. The molecule has 0 bridgehead atoms. The van der Waals surface area contributed by atoms with Crippen LogP contribution in [0.25, 0.3) is 0 Å². The number of nitrogens with two attached hydrogens (primary N) is 2. The molecule has 0 saturated carbocycles. The molecule has 0 aromatic rings. The summed E-state index contributed by atoms with van der Waals surface area (Å²) in [4.78, 5) is 43.4.